The average molecular weight is 265 g/mol. The van der Waals surface area contributed by atoms with E-state index in [1.165, 1.54) is 0 Å². The minimum absolute atomic E-state index is 0.00333. The van der Waals surface area contributed by atoms with Gasteiger partial charge in [-0.25, -0.2) is 13.1 Å². The Morgan fingerprint density at radius 2 is 2.11 bits per heavy atom. The van der Waals surface area contributed by atoms with E-state index in [0.717, 1.165) is 5.56 Å². The normalized spacial score (nSPS) is 18.7. The third-order valence-electron chi connectivity index (χ3n) is 2.94. The molecule has 0 spiro atoms. The van der Waals surface area contributed by atoms with Crippen molar-refractivity contribution in [1.82, 2.24) is 4.72 Å². The van der Waals surface area contributed by atoms with Gasteiger partial charge in [-0.3, -0.25) is 4.79 Å². The Kier molecular flexibility index (Phi) is 3.63. The van der Waals surface area contributed by atoms with Gasteiger partial charge in [0.25, 0.3) is 0 Å². The predicted molar refractivity (Wildman–Crippen MR) is 69.9 cm³/mol. The lowest BCUT2D eigenvalue weighted by atomic mass is 10.1. The first-order valence-corrected chi connectivity index (χ1v) is 7.42. The Bertz CT molecular complexity index is 578. The molecule has 1 aliphatic carbocycles. The number of benzene rings is 1. The number of rotatable bonds is 5. The highest BCUT2D eigenvalue weighted by Gasteiger charge is 2.31. The second kappa shape index (κ2) is 5.04. The van der Waals surface area contributed by atoms with Gasteiger partial charge in [0.1, 0.15) is 0 Å². The number of allylic oxidation sites excluding steroid dienone is 1. The second-order valence-corrected chi connectivity index (χ2v) is 6.15. The first-order valence-electron chi connectivity index (χ1n) is 5.76. The molecule has 96 valence electrons. The van der Waals surface area contributed by atoms with Gasteiger partial charge in [-0.05, 0) is 12.0 Å². The maximum atomic E-state index is 11.8. The molecule has 0 heterocycles. The first kappa shape index (κ1) is 13.0. The van der Waals surface area contributed by atoms with E-state index in [2.05, 4.69) is 11.3 Å². The quantitative estimate of drug-likeness (QED) is 0.826. The highest BCUT2D eigenvalue weighted by Crippen LogP contribution is 2.31. The molecule has 0 saturated carbocycles. The van der Waals surface area contributed by atoms with E-state index in [1.54, 1.807) is 24.3 Å². The number of carbonyl (C=O) groups is 1. The standard InChI is InChI=1S/C13H15NO3S/c1-2-3-8-18(16,17)14-12-9-13(15)11-7-5-4-6-10(11)12/h2,4-7,12,14H,1,3,8-9H2/t12-/m0/s1. The van der Waals surface area contributed by atoms with Crippen LogP contribution in [0.15, 0.2) is 36.9 Å². The number of fused-ring (bicyclic) bond motifs is 1. The lowest BCUT2D eigenvalue weighted by Crippen LogP contribution is -2.29. The zero-order valence-electron chi connectivity index (χ0n) is 9.93. The molecule has 0 fully saturated rings. The molecule has 0 bridgehead atoms. The van der Waals surface area contributed by atoms with Gasteiger partial charge >= 0.3 is 0 Å². The summed E-state index contributed by atoms with van der Waals surface area (Å²) in [6, 6.07) is 6.69. The van der Waals surface area contributed by atoms with Crippen LogP contribution < -0.4 is 4.72 Å². The molecule has 2 rings (SSSR count). The van der Waals surface area contributed by atoms with Gasteiger partial charge in [0.05, 0.1) is 11.8 Å². The zero-order chi connectivity index (χ0) is 13.2. The van der Waals surface area contributed by atoms with E-state index < -0.39 is 16.1 Å². The average Bonchev–Trinajstić information content (AvgIpc) is 2.64. The lowest BCUT2D eigenvalue weighted by Gasteiger charge is -2.13. The summed E-state index contributed by atoms with van der Waals surface area (Å²) >= 11 is 0. The summed E-state index contributed by atoms with van der Waals surface area (Å²) in [7, 11) is -3.37. The molecule has 0 saturated heterocycles. The number of nitrogens with one attached hydrogen (secondary N) is 1. The molecule has 0 aromatic heterocycles. The predicted octanol–water partition coefficient (Wildman–Crippen LogP) is 1.81. The monoisotopic (exact) mass is 265 g/mol. The van der Waals surface area contributed by atoms with Gasteiger partial charge < -0.3 is 0 Å². The van der Waals surface area contributed by atoms with Gasteiger partial charge in [-0.15, -0.1) is 6.58 Å². The van der Waals surface area contributed by atoms with Gasteiger partial charge in [-0.1, -0.05) is 30.3 Å². The summed E-state index contributed by atoms with van der Waals surface area (Å²) in [6.45, 7) is 3.50. The summed E-state index contributed by atoms with van der Waals surface area (Å²) in [6.07, 6.45) is 2.16. The van der Waals surface area contributed by atoms with Crippen molar-refractivity contribution < 1.29 is 13.2 Å². The highest BCUT2D eigenvalue weighted by molar-refractivity contribution is 7.89. The van der Waals surface area contributed by atoms with Gasteiger partial charge in [0, 0.05) is 12.0 Å². The van der Waals surface area contributed by atoms with Crippen LogP contribution in [-0.2, 0) is 10.0 Å². The van der Waals surface area contributed by atoms with E-state index in [-0.39, 0.29) is 18.0 Å². The Labute approximate surface area is 107 Å². The second-order valence-electron chi connectivity index (χ2n) is 4.28. The van der Waals surface area contributed by atoms with Gasteiger partial charge in [-0.2, -0.15) is 0 Å². The number of sulfonamides is 1. The van der Waals surface area contributed by atoms with Crippen LogP contribution in [0.2, 0.25) is 0 Å². The molecule has 1 N–H and O–H groups in total. The molecule has 18 heavy (non-hydrogen) atoms. The van der Waals surface area contributed by atoms with Crippen molar-refractivity contribution in [3.63, 3.8) is 0 Å². The Balaban J connectivity index is 2.18. The van der Waals surface area contributed by atoms with Crippen molar-refractivity contribution in [3.8, 4) is 0 Å². The SMILES string of the molecule is C=CCCS(=O)(=O)N[C@H]1CC(=O)c2ccccc21. The van der Waals surface area contributed by atoms with Crippen molar-refractivity contribution in [3.05, 3.63) is 48.0 Å². The lowest BCUT2D eigenvalue weighted by molar-refractivity contribution is 0.0988. The molecule has 1 aromatic rings. The molecule has 1 aromatic carbocycles. The van der Waals surface area contributed by atoms with E-state index in [4.69, 9.17) is 0 Å². The van der Waals surface area contributed by atoms with Crippen molar-refractivity contribution in [1.29, 1.82) is 0 Å². The summed E-state index contributed by atoms with van der Waals surface area (Å²) in [5.41, 5.74) is 1.39. The van der Waals surface area contributed by atoms with E-state index in [9.17, 15) is 13.2 Å². The Morgan fingerprint density at radius 3 is 2.83 bits per heavy atom. The van der Waals surface area contributed by atoms with Crippen molar-refractivity contribution in [2.75, 3.05) is 5.75 Å². The molecule has 5 heteroatoms. The van der Waals surface area contributed by atoms with Gasteiger partial charge in [0.15, 0.2) is 5.78 Å². The number of carbonyl (C=O) groups excluding carboxylic acids is 1. The van der Waals surface area contributed by atoms with Crippen molar-refractivity contribution in [2.24, 2.45) is 0 Å². The molecular formula is C13H15NO3S. The fraction of sp³-hybridized carbons (Fsp3) is 0.308. The molecule has 1 aliphatic rings. The van der Waals surface area contributed by atoms with Crippen LogP contribution in [0.1, 0.15) is 34.8 Å². The minimum Gasteiger partial charge on any atom is -0.294 e. The van der Waals surface area contributed by atoms with Crippen molar-refractivity contribution in [2.45, 2.75) is 18.9 Å². The van der Waals surface area contributed by atoms with Crippen molar-refractivity contribution >= 4 is 15.8 Å². The largest absolute Gasteiger partial charge is 0.294 e. The number of hydrogen-bond donors (Lipinski definition) is 1. The van der Waals surface area contributed by atoms with Crippen LogP contribution >= 0.6 is 0 Å². The van der Waals surface area contributed by atoms with E-state index >= 15 is 0 Å². The number of ketones is 1. The maximum absolute atomic E-state index is 11.8. The topological polar surface area (TPSA) is 63.2 Å². The van der Waals surface area contributed by atoms with Gasteiger partial charge in [0.2, 0.25) is 10.0 Å². The summed E-state index contributed by atoms with van der Waals surface area (Å²) in [4.78, 5) is 11.7. The summed E-state index contributed by atoms with van der Waals surface area (Å²) < 4.78 is 26.2. The fourth-order valence-electron chi connectivity index (χ4n) is 2.08. The molecule has 0 aliphatic heterocycles. The Hall–Kier alpha value is -1.46. The highest BCUT2D eigenvalue weighted by atomic mass is 32.2. The molecule has 0 unspecified atom stereocenters. The smallest absolute Gasteiger partial charge is 0.212 e. The molecule has 0 radical (unpaired) electrons. The van der Waals surface area contributed by atoms with E-state index in [1.807, 2.05) is 6.07 Å². The number of hydrogen-bond acceptors (Lipinski definition) is 3. The van der Waals surface area contributed by atoms with Crippen LogP contribution in [0.3, 0.4) is 0 Å². The summed E-state index contributed by atoms with van der Waals surface area (Å²) in [5.74, 6) is -0.00869. The van der Waals surface area contributed by atoms with Crippen LogP contribution in [0, 0.1) is 0 Å². The molecular weight excluding hydrogens is 250 g/mol. The zero-order valence-corrected chi connectivity index (χ0v) is 10.7. The minimum atomic E-state index is -3.37. The Morgan fingerprint density at radius 1 is 1.39 bits per heavy atom. The fourth-order valence-corrected chi connectivity index (χ4v) is 3.32. The van der Waals surface area contributed by atoms with Crippen LogP contribution in [0.5, 0.6) is 0 Å². The molecule has 4 nitrogen and oxygen atoms in total. The third-order valence-corrected chi connectivity index (χ3v) is 4.36. The van der Waals surface area contributed by atoms with Crippen LogP contribution in [0.4, 0.5) is 0 Å². The van der Waals surface area contributed by atoms with Crippen LogP contribution in [-0.4, -0.2) is 20.0 Å². The molecule has 0 amide bonds. The van der Waals surface area contributed by atoms with Crippen LogP contribution in [0.25, 0.3) is 0 Å². The molecule has 1 atom stereocenters. The first-order chi connectivity index (χ1) is 8.53. The van der Waals surface area contributed by atoms with E-state index in [0.29, 0.717) is 12.0 Å². The maximum Gasteiger partial charge on any atom is 0.212 e. The summed E-state index contributed by atoms with van der Waals surface area (Å²) in [5, 5.41) is 0. The number of Topliss-reactive ketones (excluding diaryl/α,β-unsaturated/α-hetero) is 1. The third kappa shape index (κ3) is 2.68.